The Morgan fingerprint density at radius 3 is 2.52 bits per heavy atom. The second-order valence-corrected chi connectivity index (χ2v) is 5.97. The van der Waals surface area contributed by atoms with E-state index >= 15 is 0 Å². The smallest absolute Gasteiger partial charge is 0.223 e. The number of carbonyl (C=O) groups excluding carboxylic acids is 1. The number of rotatable bonds is 5. The van der Waals surface area contributed by atoms with Gasteiger partial charge in [0.2, 0.25) is 5.91 Å². The molecule has 0 aromatic heterocycles. The molecule has 4 nitrogen and oxygen atoms in total. The Morgan fingerprint density at radius 2 is 1.95 bits per heavy atom. The van der Waals surface area contributed by atoms with Crippen LogP contribution in [0.1, 0.15) is 31.4 Å². The number of amides is 1. The quantitative estimate of drug-likeness (QED) is 0.878. The zero-order chi connectivity index (χ0) is 15.2. The van der Waals surface area contributed by atoms with E-state index in [1.54, 1.807) is 7.11 Å². The summed E-state index contributed by atoms with van der Waals surface area (Å²) in [7, 11) is 1.66. The molecule has 2 atom stereocenters. The van der Waals surface area contributed by atoms with Crippen LogP contribution in [0.25, 0.3) is 0 Å². The first-order valence-corrected chi connectivity index (χ1v) is 7.79. The summed E-state index contributed by atoms with van der Waals surface area (Å²) >= 11 is 5.91. The van der Waals surface area contributed by atoms with Crippen LogP contribution in [0.15, 0.2) is 24.3 Å². The molecule has 2 unspecified atom stereocenters. The van der Waals surface area contributed by atoms with Gasteiger partial charge in [0.25, 0.3) is 0 Å². The van der Waals surface area contributed by atoms with E-state index < -0.39 is 0 Å². The number of carbonyl (C=O) groups is 1. The Labute approximate surface area is 131 Å². The van der Waals surface area contributed by atoms with E-state index in [-0.39, 0.29) is 24.0 Å². The highest BCUT2D eigenvalue weighted by Gasteiger charge is 2.25. The van der Waals surface area contributed by atoms with Crippen LogP contribution >= 0.6 is 11.6 Å². The van der Waals surface area contributed by atoms with E-state index in [2.05, 4.69) is 10.6 Å². The molecule has 2 N–H and O–H groups in total. The molecule has 116 valence electrons. The number of ether oxygens (including phenoxy) is 1. The minimum absolute atomic E-state index is 0.0847. The van der Waals surface area contributed by atoms with E-state index in [0.717, 1.165) is 31.5 Å². The van der Waals surface area contributed by atoms with Gasteiger partial charge in [0.1, 0.15) is 6.10 Å². The zero-order valence-corrected chi connectivity index (χ0v) is 13.3. The third-order valence-electron chi connectivity index (χ3n) is 3.99. The highest BCUT2D eigenvalue weighted by Crippen LogP contribution is 2.23. The van der Waals surface area contributed by atoms with Crippen LogP contribution in [0.4, 0.5) is 0 Å². The topological polar surface area (TPSA) is 50.4 Å². The van der Waals surface area contributed by atoms with Gasteiger partial charge >= 0.3 is 0 Å². The van der Waals surface area contributed by atoms with Gasteiger partial charge in [-0.2, -0.15) is 0 Å². The minimum Gasteiger partial charge on any atom is -0.375 e. The number of piperidine rings is 1. The van der Waals surface area contributed by atoms with Crippen molar-refractivity contribution in [3.05, 3.63) is 34.9 Å². The largest absolute Gasteiger partial charge is 0.375 e. The summed E-state index contributed by atoms with van der Waals surface area (Å²) in [6.07, 6.45) is 1.63. The summed E-state index contributed by atoms with van der Waals surface area (Å²) in [5, 5.41) is 7.05. The predicted octanol–water partition coefficient (Wildman–Crippen LogP) is 2.53. The first-order valence-electron chi connectivity index (χ1n) is 7.41. The lowest BCUT2D eigenvalue weighted by Crippen LogP contribution is -2.44. The Balaban J connectivity index is 1.97. The lowest BCUT2D eigenvalue weighted by molar-refractivity contribution is -0.127. The van der Waals surface area contributed by atoms with Crippen LogP contribution in [0.2, 0.25) is 5.02 Å². The fourth-order valence-corrected chi connectivity index (χ4v) is 2.91. The van der Waals surface area contributed by atoms with E-state index in [0.29, 0.717) is 5.02 Å². The normalized spacial score (nSPS) is 19.0. The Morgan fingerprint density at radius 1 is 1.33 bits per heavy atom. The SMILES string of the molecule is COC(c1ccc(Cl)cc1)C(C)NC(=O)C1CCNCC1. The van der Waals surface area contributed by atoms with Crippen molar-refractivity contribution in [1.82, 2.24) is 10.6 Å². The molecule has 0 bridgehead atoms. The molecule has 21 heavy (non-hydrogen) atoms. The van der Waals surface area contributed by atoms with Gasteiger partial charge in [0.15, 0.2) is 0 Å². The second kappa shape index (κ2) is 7.78. The van der Waals surface area contributed by atoms with Crippen molar-refractivity contribution in [3.63, 3.8) is 0 Å². The van der Waals surface area contributed by atoms with Gasteiger partial charge in [-0.3, -0.25) is 4.79 Å². The van der Waals surface area contributed by atoms with E-state index in [4.69, 9.17) is 16.3 Å². The van der Waals surface area contributed by atoms with Gasteiger partial charge in [0.05, 0.1) is 6.04 Å². The lowest BCUT2D eigenvalue weighted by Gasteiger charge is -2.28. The summed E-state index contributed by atoms with van der Waals surface area (Å²) in [4.78, 5) is 12.3. The van der Waals surface area contributed by atoms with Gasteiger partial charge in [-0.05, 0) is 50.6 Å². The maximum atomic E-state index is 12.3. The van der Waals surface area contributed by atoms with Crippen molar-refractivity contribution in [2.45, 2.75) is 31.9 Å². The number of hydrogen-bond acceptors (Lipinski definition) is 3. The molecule has 0 saturated carbocycles. The highest BCUT2D eigenvalue weighted by molar-refractivity contribution is 6.30. The molecule has 0 aliphatic carbocycles. The van der Waals surface area contributed by atoms with Crippen LogP contribution in [0.3, 0.4) is 0 Å². The molecule has 5 heteroatoms. The molecule has 1 aliphatic heterocycles. The van der Waals surface area contributed by atoms with Gasteiger partial charge in [-0.1, -0.05) is 23.7 Å². The Kier molecular flexibility index (Phi) is 6.03. The summed E-state index contributed by atoms with van der Waals surface area (Å²) in [6.45, 7) is 3.80. The van der Waals surface area contributed by atoms with Crippen molar-refractivity contribution in [3.8, 4) is 0 Å². The Bertz CT molecular complexity index is 458. The summed E-state index contributed by atoms with van der Waals surface area (Å²) in [5.74, 6) is 0.233. The zero-order valence-electron chi connectivity index (χ0n) is 12.6. The average Bonchev–Trinajstić information content (AvgIpc) is 2.50. The van der Waals surface area contributed by atoms with Crippen molar-refractivity contribution in [2.75, 3.05) is 20.2 Å². The van der Waals surface area contributed by atoms with Crippen molar-refractivity contribution in [1.29, 1.82) is 0 Å². The van der Waals surface area contributed by atoms with Crippen LogP contribution in [-0.2, 0) is 9.53 Å². The summed E-state index contributed by atoms with van der Waals surface area (Å²) in [6, 6.07) is 7.46. The van der Waals surface area contributed by atoms with Crippen LogP contribution in [0.5, 0.6) is 0 Å². The third-order valence-corrected chi connectivity index (χ3v) is 4.24. The number of methoxy groups -OCH3 is 1. The maximum Gasteiger partial charge on any atom is 0.223 e. The molecule has 0 radical (unpaired) electrons. The second-order valence-electron chi connectivity index (χ2n) is 5.53. The molecule has 1 fully saturated rings. The molecule has 1 amide bonds. The van der Waals surface area contributed by atoms with E-state index in [9.17, 15) is 4.79 Å². The molecule has 1 aliphatic rings. The van der Waals surface area contributed by atoms with Gasteiger partial charge in [0, 0.05) is 18.1 Å². The number of hydrogen-bond donors (Lipinski definition) is 2. The molecule has 0 spiro atoms. The maximum absolute atomic E-state index is 12.3. The lowest BCUT2D eigenvalue weighted by atomic mass is 9.96. The van der Waals surface area contributed by atoms with Crippen molar-refractivity contribution < 1.29 is 9.53 Å². The first-order chi connectivity index (χ1) is 10.1. The van der Waals surface area contributed by atoms with Crippen molar-refractivity contribution >= 4 is 17.5 Å². The fourth-order valence-electron chi connectivity index (χ4n) is 2.78. The number of halogens is 1. The third kappa shape index (κ3) is 4.43. The average molecular weight is 311 g/mol. The fraction of sp³-hybridized carbons (Fsp3) is 0.562. The number of benzene rings is 1. The first kappa shape index (κ1) is 16.3. The molecule has 2 rings (SSSR count). The van der Waals surface area contributed by atoms with E-state index in [1.807, 2.05) is 31.2 Å². The van der Waals surface area contributed by atoms with Gasteiger partial charge in [-0.25, -0.2) is 0 Å². The molecule has 1 heterocycles. The van der Waals surface area contributed by atoms with Gasteiger partial charge < -0.3 is 15.4 Å². The molecular weight excluding hydrogens is 288 g/mol. The van der Waals surface area contributed by atoms with Crippen LogP contribution in [-0.4, -0.2) is 32.1 Å². The summed E-state index contributed by atoms with van der Waals surface area (Å²) in [5.41, 5.74) is 1.01. The van der Waals surface area contributed by atoms with Gasteiger partial charge in [-0.15, -0.1) is 0 Å². The highest BCUT2D eigenvalue weighted by atomic mass is 35.5. The molecule has 1 aromatic rings. The predicted molar refractivity (Wildman–Crippen MR) is 84.4 cm³/mol. The molecule has 1 aromatic carbocycles. The van der Waals surface area contributed by atoms with Crippen LogP contribution < -0.4 is 10.6 Å². The Hall–Kier alpha value is -1.10. The monoisotopic (exact) mass is 310 g/mol. The van der Waals surface area contributed by atoms with Crippen molar-refractivity contribution in [2.24, 2.45) is 5.92 Å². The number of nitrogens with one attached hydrogen (secondary N) is 2. The van der Waals surface area contributed by atoms with Crippen LogP contribution in [0, 0.1) is 5.92 Å². The molecular formula is C16H23ClN2O2. The minimum atomic E-state index is -0.173. The summed E-state index contributed by atoms with van der Waals surface area (Å²) < 4.78 is 5.56. The molecule has 1 saturated heterocycles. The standard InChI is InChI=1S/C16H23ClN2O2/c1-11(19-16(20)13-7-9-18-10-8-13)15(21-2)12-3-5-14(17)6-4-12/h3-6,11,13,15,18H,7-10H2,1-2H3,(H,19,20). The van der Waals surface area contributed by atoms with E-state index in [1.165, 1.54) is 0 Å².